The van der Waals surface area contributed by atoms with Crippen molar-refractivity contribution in [1.82, 2.24) is 0 Å². The second kappa shape index (κ2) is 12.3. The summed E-state index contributed by atoms with van der Waals surface area (Å²) >= 11 is 0. The highest BCUT2D eigenvalue weighted by atomic mass is 32.2. The van der Waals surface area contributed by atoms with Crippen LogP contribution < -0.4 is 0 Å². The summed E-state index contributed by atoms with van der Waals surface area (Å²) in [5, 5.41) is -0.335. The minimum Gasteiger partial charge on any atom is -0.417 e. The molecule has 1 aliphatic rings. The maximum atomic E-state index is 13.6. The first-order valence-corrected chi connectivity index (χ1v) is 16.9. The van der Waals surface area contributed by atoms with Crippen molar-refractivity contribution in [2.75, 3.05) is 19.8 Å². The van der Waals surface area contributed by atoms with E-state index in [9.17, 15) is 8.42 Å². The smallest absolute Gasteiger partial charge is 0.191 e. The lowest BCUT2D eigenvalue weighted by atomic mass is 9.99. The summed E-state index contributed by atoms with van der Waals surface area (Å²) in [6, 6.07) is 8.85. The van der Waals surface area contributed by atoms with E-state index in [4.69, 9.17) is 13.9 Å². The van der Waals surface area contributed by atoms with Gasteiger partial charge in [0.25, 0.3) is 0 Å². The highest BCUT2D eigenvalue weighted by Crippen LogP contribution is 2.37. The van der Waals surface area contributed by atoms with E-state index in [1.807, 2.05) is 6.07 Å². The molecule has 1 aromatic rings. The topological polar surface area (TPSA) is 61.8 Å². The Kier molecular flexibility index (Phi) is 10.6. The van der Waals surface area contributed by atoms with Crippen molar-refractivity contribution < 1.29 is 22.3 Å². The van der Waals surface area contributed by atoms with Crippen molar-refractivity contribution in [3.63, 3.8) is 0 Å². The Morgan fingerprint density at radius 3 is 2.18 bits per heavy atom. The Morgan fingerprint density at radius 2 is 1.64 bits per heavy atom. The third-order valence-corrected chi connectivity index (χ3v) is 13.8. The number of sulfone groups is 1. The molecule has 0 radical (unpaired) electrons. The van der Waals surface area contributed by atoms with Crippen molar-refractivity contribution >= 4 is 18.2 Å². The van der Waals surface area contributed by atoms with Gasteiger partial charge in [0, 0.05) is 13.2 Å². The molecule has 0 amide bonds. The monoisotopic (exact) mass is 498 g/mol. The molecule has 7 heteroatoms. The fourth-order valence-corrected chi connectivity index (χ4v) is 7.09. The van der Waals surface area contributed by atoms with E-state index in [-0.39, 0.29) is 23.2 Å². The molecule has 0 aliphatic carbocycles. The summed E-state index contributed by atoms with van der Waals surface area (Å²) in [7, 11) is -5.32. The van der Waals surface area contributed by atoms with Crippen molar-refractivity contribution in [3.05, 3.63) is 30.3 Å². The van der Waals surface area contributed by atoms with Gasteiger partial charge in [-0.15, -0.1) is 0 Å². The molecule has 1 fully saturated rings. The number of ether oxygens (including phenoxy) is 2. The van der Waals surface area contributed by atoms with E-state index in [0.717, 1.165) is 25.9 Å². The van der Waals surface area contributed by atoms with Crippen LogP contribution in [0.1, 0.15) is 66.7 Å². The van der Waals surface area contributed by atoms with Gasteiger partial charge in [0.05, 0.1) is 16.8 Å². The maximum Gasteiger partial charge on any atom is 0.191 e. The quantitative estimate of drug-likeness (QED) is 0.310. The first kappa shape index (κ1) is 28.5. The zero-order chi connectivity index (χ0) is 24.7. The molecule has 1 aliphatic heterocycles. The molecule has 1 unspecified atom stereocenters. The highest BCUT2D eigenvalue weighted by molar-refractivity contribution is 7.92. The molecule has 0 spiro atoms. The van der Waals surface area contributed by atoms with Crippen LogP contribution in [-0.2, 0) is 23.7 Å². The van der Waals surface area contributed by atoms with Crippen LogP contribution in [0.15, 0.2) is 35.2 Å². The van der Waals surface area contributed by atoms with Crippen LogP contribution in [0.4, 0.5) is 0 Å². The Morgan fingerprint density at radius 1 is 1.03 bits per heavy atom. The number of hydrogen-bond acceptors (Lipinski definition) is 5. The Balaban J connectivity index is 2.06. The molecule has 1 aromatic carbocycles. The van der Waals surface area contributed by atoms with Gasteiger partial charge in [-0.3, -0.25) is 0 Å². The Labute approximate surface area is 203 Å². The van der Waals surface area contributed by atoms with E-state index < -0.39 is 23.4 Å². The third kappa shape index (κ3) is 8.77. The van der Waals surface area contributed by atoms with Crippen molar-refractivity contribution in [2.24, 2.45) is 11.8 Å². The second-order valence-electron chi connectivity index (χ2n) is 11.4. The third-order valence-electron chi connectivity index (χ3n) is 7.08. The van der Waals surface area contributed by atoms with Gasteiger partial charge in [0.1, 0.15) is 0 Å². The molecule has 0 bridgehead atoms. The van der Waals surface area contributed by atoms with Crippen molar-refractivity contribution in [2.45, 2.75) is 101 Å². The fourth-order valence-electron chi connectivity index (χ4n) is 3.87. The average molecular weight is 499 g/mol. The molecular formula is C26H46O5SSi. The second-order valence-corrected chi connectivity index (χ2v) is 18.4. The molecule has 0 N–H and O–H groups in total. The van der Waals surface area contributed by atoms with Crippen LogP contribution in [0, 0.1) is 11.8 Å². The molecule has 1 heterocycles. The summed E-state index contributed by atoms with van der Waals surface area (Å²) < 4.78 is 45.2. The predicted molar refractivity (Wildman–Crippen MR) is 138 cm³/mol. The number of rotatable bonds is 12. The van der Waals surface area contributed by atoms with Gasteiger partial charge in [-0.05, 0) is 74.2 Å². The molecule has 0 saturated carbocycles. The van der Waals surface area contributed by atoms with E-state index in [1.165, 1.54) is 0 Å². The maximum absolute atomic E-state index is 13.6. The van der Waals surface area contributed by atoms with Crippen LogP contribution in [0.5, 0.6) is 0 Å². The summed E-state index contributed by atoms with van der Waals surface area (Å²) in [6.07, 6.45) is 4.12. The molecule has 1 saturated heterocycles. The van der Waals surface area contributed by atoms with Crippen molar-refractivity contribution in [3.8, 4) is 0 Å². The molecule has 0 aromatic heterocycles. The van der Waals surface area contributed by atoms with Crippen LogP contribution in [0.3, 0.4) is 0 Å². The molecule has 5 nitrogen and oxygen atoms in total. The lowest BCUT2D eigenvalue weighted by Gasteiger charge is -2.37. The summed E-state index contributed by atoms with van der Waals surface area (Å²) in [5.41, 5.74) is 0. The van der Waals surface area contributed by atoms with Crippen LogP contribution in [0.25, 0.3) is 0 Å². The Bertz CT molecular complexity index is 798. The molecule has 4 atom stereocenters. The van der Waals surface area contributed by atoms with Crippen LogP contribution in [0.2, 0.25) is 18.1 Å². The molecule has 33 heavy (non-hydrogen) atoms. The zero-order valence-electron chi connectivity index (χ0n) is 21.8. The fraction of sp³-hybridized carbons (Fsp3) is 0.769. The SMILES string of the molecule is C[C@H](COC1CCCCO1)C[C@@H](C[C@H](C)CO[Si](C)(C)C(C)(C)C)S(=O)(=O)c1ccccc1. The molecular weight excluding hydrogens is 452 g/mol. The number of benzene rings is 1. The standard InChI is InChI=1S/C26H46O5SSi/c1-21(19-30-25-15-11-12-16-29-25)17-24(32(27,28)23-13-9-8-10-14-23)18-22(2)20-31-33(6,7)26(3,4)5/h8-10,13-14,21-22,24-25H,11-12,15-20H2,1-7H3/t21-,22-,24-,25?/m0/s1. The number of hydrogen-bond donors (Lipinski definition) is 0. The molecule has 2 rings (SSSR count). The van der Waals surface area contributed by atoms with E-state index in [2.05, 4.69) is 47.7 Å². The van der Waals surface area contributed by atoms with Gasteiger partial charge >= 0.3 is 0 Å². The van der Waals surface area contributed by atoms with Gasteiger partial charge in [0.2, 0.25) is 0 Å². The van der Waals surface area contributed by atoms with Crippen LogP contribution >= 0.6 is 0 Å². The zero-order valence-corrected chi connectivity index (χ0v) is 23.6. The summed E-state index contributed by atoms with van der Waals surface area (Å²) in [6.45, 7) is 17.2. The van der Waals surface area contributed by atoms with Crippen molar-refractivity contribution in [1.29, 1.82) is 0 Å². The Hall–Kier alpha value is -0.733. The first-order chi connectivity index (χ1) is 15.3. The summed E-state index contributed by atoms with van der Waals surface area (Å²) in [4.78, 5) is 0.399. The predicted octanol–water partition coefficient (Wildman–Crippen LogP) is 6.45. The lowest BCUT2D eigenvalue weighted by Crippen LogP contribution is -2.42. The first-order valence-electron chi connectivity index (χ1n) is 12.5. The van der Waals surface area contributed by atoms with Gasteiger partial charge in [-0.25, -0.2) is 8.42 Å². The normalized spacial score (nSPS) is 20.9. The van der Waals surface area contributed by atoms with E-state index in [0.29, 0.717) is 31.0 Å². The van der Waals surface area contributed by atoms with E-state index in [1.54, 1.807) is 24.3 Å². The summed E-state index contributed by atoms with van der Waals surface area (Å²) in [5.74, 6) is 0.268. The van der Waals surface area contributed by atoms with Gasteiger partial charge in [-0.1, -0.05) is 52.8 Å². The highest BCUT2D eigenvalue weighted by Gasteiger charge is 2.38. The van der Waals surface area contributed by atoms with Crippen LogP contribution in [-0.4, -0.2) is 48.1 Å². The van der Waals surface area contributed by atoms with Gasteiger partial charge in [-0.2, -0.15) is 0 Å². The van der Waals surface area contributed by atoms with Gasteiger partial charge in [0.15, 0.2) is 24.4 Å². The lowest BCUT2D eigenvalue weighted by molar-refractivity contribution is -0.168. The van der Waals surface area contributed by atoms with E-state index >= 15 is 0 Å². The largest absolute Gasteiger partial charge is 0.417 e. The minimum absolute atomic E-state index is 0.118. The minimum atomic E-state index is -3.45. The average Bonchev–Trinajstić information content (AvgIpc) is 2.76. The van der Waals surface area contributed by atoms with Gasteiger partial charge < -0.3 is 13.9 Å². The molecule has 190 valence electrons.